The zero-order valence-electron chi connectivity index (χ0n) is 18.9. The Morgan fingerprint density at radius 3 is 1.53 bits per heavy atom. The number of benzene rings is 2. The number of rotatable bonds is 11. The van der Waals surface area contributed by atoms with Gasteiger partial charge in [0.15, 0.2) is 23.0 Å². The van der Waals surface area contributed by atoms with Crippen molar-refractivity contribution in [2.75, 3.05) is 35.0 Å². The van der Waals surface area contributed by atoms with Crippen molar-refractivity contribution in [3.05, 3.63) is 58.7 Å². The van der Waals surface area contributed by atoms with Crippen LogP contribution in [-0.4, -0.2) is 52.1 Å². The summed E-state index contributed by atoms with van der Waals surface area (Å²) >= 11 is 0. The van der Waals surface area contributed by atoms with Gasteiger partial charge in [-0.25, -0.2) is 9.59 Å². The largest absolute Gasteiger partial charge is 0.493 e. The lowest BCUT2D eigenvalue weighted by Gasteiger charge is -2.15. The predicted molar refractivity (Wildman–Crippen MR) is 118 cm³/mol. The smallest absolute Gasteiger partial charge is 0.334 e. The molecule has 0 saturated carbocycles. The maximum Gasteiger partial charge on any atom is 0.334 e. The minimum atomic E-state index is -1.21. The van der Waals surface area contributed by atoms with E-state index in [0.717, 1.165) is 0 Å². The van der Waals surface area contributed by atoms with Gasteiger partial charge in [-0.1, -0.05) is 12.1 Å². The molecule has 0 aliphatic carbocycles. The Hall–Kier alpha value is -3.68. The molecule has 1 N–H and O–H groups in total. The van der Waals surface area contributed by atoms with E-state index in [9.17, 15) is 14.7 Å². The van der Waals surface area contributed by atoms with Gasteiger partial charge in [-0.15, -0.1) is 0 Å². The van der Waals surface area contributed by atoms with E-state index in [1.807, 2.05) is 0 Å². The first kappa shape index (κ1) is 24.6. The van der Waals surface area contributed by atoms with Gasteiger partial charge in [0.05, 0.1) is 46.2 Å². The summed E-state index contributed by atoms with van der Waals surface area (Å²) < 4.78 is 26.3. The van der Waals surface area contributed by atoms with E-state index in [-0.39, 0.29) is 30.6 Å². The highest BCUT2D eigenvalue weighted by molar-refractivity contribution is 6.00. The van der Waals surface area contributed by atoms with Crippen LogP contribution in [-0.2, 0) is 27.2 Å². The summed E-state index contributed by atoms with van der Waals surface area (Å²) in [7, 11) is 6.04. The van der Waals surface area contributed by atoms with Crippen molar-refractivity contribution in [2.24, 2.45) is 0 Å². The number of carbonyl (C=O) groups excluding carboxylic acids is 1. The highest BCUT2D eigenvalue weighted by Gasteiger charge is 2.23. The Balaban J connectivity index is 2.53. The van der Waals surface area contributed by atoms with Crippen LogP contribution in [0.5, 0.6) is 23.0 Å². The molecule has 0 spiro atoms. The van der Waals surface area contributed by atoms with Crippen molar-refractivity contribution in [1.29, 1.82) is 0 Å². The van der Waals surface area contributed by atoms with Crippen LogP contribution in [0, 0.1) is 0 Å². The van der Waals surface area contributed by atoms with Crippen molar-refractivity contribution in [3.8, 4) is 23.0 Å². The van der Waals surface area contributed by atoms with Crippen LogP contribution in [0.25, 0.3) is 0 Å². The molecule has 0 aromatic heterocycles. The van der Waals surface area contributed by atoms with E-state index >= 15 is 0 Å². The lowest BCUT2D eigenvalue weighted by molar-refractivity contribution is -0.140. The number of aliphatic carboxylic acids is 1. The van der Waals surface area contributed by atoms with Gasteiger partial charge in [-0.3, -0.25) is 0 Å². The van der Waals surface area contributed by atoms with Gasteiger partial charge >= 0.3 is 11.9 Å². The number of carboxylic acid groups (broad SMARTS) is 1. The SMILES string of the molecule is CCOC(=O)/C(Cc1ccc(OC)c(OC)c1)=C(/Cc1ccc(OC)c(OC)c1)C(=O)O. The first-order chi connectivity index (χ1) is 15.4. The molecule has 2 rings (SSSR count). The summed E-state index contributed by atoms with van der Waals surface area (Å²) in [5.74, 6) is 0.107. The summed E-state index contributed by atoms with van der Waals surface area (Å²) in [5, 5.41) is 9.94. The van der Waals surface area contributed by atoms with Gasteiger partial charge in [-0.05, 0) is 42.3 Å². The maximum atomic E-state index is 12.7. The normalized spacial score (nSPS) is 11.3. The molecule has 8 heteroatoms. The standard InChI is InChI=1S/C24H28O8/c1-6-32-24(27)18(12-16-8-10-20(29-3)22(14-16)31-5)17(23(25)26)11-15-7-9-19(28-2)21(13-15)30-4/h7-10,13-14H,6,11-12H2,1-5H3,(H,25,26)/b18-17-. The van der Waals surface area contributed by atoms with Crippen LogP contribution in [0.15, 0.2) is 47.5 Å². The molecule has 0 heterocycles. The summed E-state index contributed by atoms with van der Waals surface area (Å²) in [6.07, 6.45) is 0.0469. The zero-order valence-corrected chi connectivity index (χ0v) is 18.9. The fourth-order valence-electron chi connectivity index (χ4n) is 3.22. The molecule has 0 aliphatic heterocycles. The second kappa shape index (κ2) is 11.6. The van der Waals surface area contributed by atoms with Gasteiger partial charge in [0.25, 0.3) is 0 Å². The monoisotopic (exact) mass is 444 g/mol. The van der Waals surface area contributed by atoms with Crippen LogP contribution >= 0.6 is 0 Å². The maximum absolute atomic E-state index is 12.7. The van der Waals surface area contributed by atoms with Crippen LogP contribution in [0.2, 0.25) is 0 Å². The van der Waals surface area contributed by atoms with Crippen LogP contribution in [0.4, 0.5) is 0 Å². The molecule has 2 aromatic carbocycles. The van der Waals surface area contributed by atoms with Crippen molar-refractivity contribution in [1.82, 2.24) is 0 Å². The number of carboxylic acids is 1. The van der Waals surface area contributed by atoms with Gasteiger partial charge in [0, 0.05) is 12.8 Å². The molecule has 2 aromatic rings. The molecule has 32 heavy (non-hydrogen) atoms. The lowest BCUT2D eigenvalue weighted by atomic mass is 9.94. The molecule has 0 radical (unpaired) electrons. The van der Waals surface area contributed by atoms with E-state index in [2.05, 4.69) is 0 Å². The Labute approximate surface area is 187 Å². The van der Waals surface area contributed by atoms with Gasteiger partial charge in [0.2, 0.25) is 0 Å². The molecule has 172 valence electrons. The van der Waals surface area contributed by atoms with Crippen molar-refractivity contribution >= 4 is 11.9 Å². The molecule has 0 aliphatic rings. The fourth-order valence-corrected chi connectivity index (χ4v) is 3.22. The number of carbonyl (C=O) groups is 2. The molecule has 0 bridgehead atoms. The summed E-state index contributed by atoms with van der Waals surface area (Å²) in [6, 6.07) is 10.2. The van der Waals surface area contributed by atoms with Crippen molar-refractivity contribution < 1.29 is 38.4 Å². The molecular formula is C24H28O8. The molecule has 0 atom stereocenters. The Morgan fingerprint density at radius 1 is 0.719 bits per heavy atom. The van der Waals surface area contributed by atoms with Crippen LogP contribution in [0.3, 0.4) is 0 Å². The number of hydrogen-bond donors (Lipinski definition) is 1. The number of ether oxygens (including phenoxy) is 5. The third-order valence-electron chi connectivity index (χ3n) is 4.80. The van der Waals surface area contributed by atoms with Gasteiger partial charge in [0.1, 0.15) is 0 Å². The molecule has 8 nitrogen and oxygen atoms in total. The van der Waals surface area contributed by atoms with Gasteiger partial charge < -0.3 is 28.8 Å². The van der Waals surface area contributed by atoms with Crippen molar-refractivity contribution in [2.45, 2.75) is 19.8 Å². The fraction of sp³-hybridized carbons (Fsp3) is 0.333. The molecule has 0 saturated heterocycles. The zero-order chi connectivity index (χ0) is 23.7. The number of esters is 1. The second-order valence-electron chi connectivity index (χ2n) is 6.71. The average Bonchev–Trinajstić information content (AvgIpc) is 2.80. The summed E-state index contributed by atoms with van der Waals surface area (Å²) in [6.45, 7) is 1.79. The predicted octanol–water partition coefficient (Wildman–Crippen LogP) is 3.45. The van der Waals surface area contributed by atoms with Crippen LogP contribution < -0.4 is 18.9 Å². The quantitative estimate of drug-likeness (QED) is 0.416. The molecular weight excluding hydrogens is 416 g/mol. The molecule has 0 fully saturated rings. The van der Waals surface area contributed by atoms with Gasteiger partial charge in [-0.2, -0.15) is 0 Å². The molecule has 0 amide bonds. The minimum Gasteiger partial charge on any atom is -0.493 e. The van der Waals surface area contributed by atoms with E-state index in [0.29, 0.717) is 34.1 Å². The summed E-state index contributed by atoms with van der Waals surface area (Å²) in [4.78, 5) is 24.9. The number of methoxy groups -OCH3 is 4. The highest BCUT2D eigenvalue weighted by Crippen LogP contribution is 2.31. The Morgan fingerprint density at radius 2 is 1.16 bits per heavy atom. The Kier molecular flexibility index (Phi) is 8.95. The summed E-state index contributed by atoms with van der Waals surface area (Å²) in [5.41, 5.74) is 1.32. The highest BCUT2D eigenvalue weighted by atomic mass is 16.5. The third kappa shape index (κ3) is 5.94. The Bertz CT molecular complexity index is 993. The minimum absolute atomic E-state index is 0.00285. The molecule has 0 unspecified atom stereocenters. The second-order valence-corrected chi connectivity index (χ2v) is 6.71. The average molecular weight is 444 g/mol. The topological polar surface area (TPSA) is 101 Å². The van der Waals surface area contributed by atoms with E-state index in [4.69, 9.17) is 23.7 Å². The lowest BCUT2D eigenvalue weighted by Crippen LogP contribution is -2.18. The first-order valence-corrected chi connectivity index (χ1v) is 9.92. The van der Waals surface area contributed by atoms with E-state index in [1.165, 1.54) is 28.4 Å². The first-order valence-electron chi connectivity index (χ1n) is 9.92. The van der Waals surface area contributed by atoms with Crippen molar-refractivity contribution in [3.63, 3.8) is 0 Å². The van der Waals surface area contributed by atoms with E-state index < -0.39 is 11.9 Å². The number of hydrogen-bond acceptors (Lipinski definition) is 7. The third-order valence-corrected chi connectivity index (χ3v) is 4.80. The van der Waals surface area contributed by atoms with E-state index in [1.54, 1.807) is 43.3 Å². The van der Waals surface area contributed by atoms with Crippen LogP contribution in [0.1, 0.15) is 18.1 Å².